The summed E-state index contributed by atoms with van der Waals surface area (Å²) >= 11 is 1.73. The van der Waals surface area contributed by atoms with E-state index in [-0.39, 0.29) is 0 Å². The number of nitrogen functional groups attached to an aromatic ring is 1. The van der Waals surface area contributed by atoms with Crippen LogP contribution >= 0.6 is 11.3 Å². The molecule has 0 aliphatic carbocycles. The number of hydrogen-bond acceptors (Lipinski definition) is 7. The Morgan fingerprint density at radius 1 is 1.18 bits per heavy atom. The number of rotatable bonds is 6. The number of benzene rings is 1. The molecule has 148 valence electrons. The maximum absolute atomic E-state index is 5.92. The number of aromatic nitrogens is 2. The topological polar surface area (TPSA) is 70.3 Å². The van der Waals surface area contributed by atoms with Crippen LogP contribution < -0.4 is 11.1 Å². The van der Waals surface area contributed by atoms with Gasteiger partial charge in [0.25, 0.3) is 0 Å². The zero-order valence-electron chi connectivity index (χ0n) is 16.6. The standard InChI is InChI=1S/C21H28N6S/c1-15-14-24-21(23-6-3-7-27-10-8-26(2)9-11-27)25-20(15)19-12-16-4-5-17(22)13-18(16)28-19/h4-5,12-14H,3,6-11,22H2,1-2H3,(H,23,24,25). The predicted molar refractivity (Wildman–Crippen MR) is 119 cm³/mol. The molecule has 4 rings (SSSR count). The van der Waals surface area contributed by atoms with Gasteiger partial charge in [0, 0.05) is 49.3 Å². The lowest BCUT2D eigenvalue weighted by Gasteiger charge is -2.32. The van der Waals surface area contributed by atoms with Crippen molar-refractivity contribution in [1.29, 1.82) is 0 Å². The van der Waals surface area contributed by atoms with E-state index in [1.54, 1.807) is 11.3 Å². The number of anilines is 2. The molecule has 0 unspecified atom stereocenters. The predicted octanol–water partition coefficient (Wildman–Crippen LogP) is 3.30. The lowest BCUT2D eigenvalue weighted by Crippen LogP contribution is -2.44. The van der Waals surface area contributed by atoms with Crippen molar-refractivity contribution in [1.82, 2.24) is 19.8 Å². The van der Waals surface area contributed by atoms with Gasteiger partial charge in [-0.3, -0.25) is 0 Å². The molecule has 2 aromatic heterocycles. The van der Waals surface area contributed by atoms with Crippen molar-refractivity contribution < 1.29 is 0 Å². The summed E-state index contributed by atoms with van der Waals surface area (Å²) in [6.07, 6.45) is 3.00. The highest BCUT2D eigenvalue weighted by Crippen LogP contribution is 2.35. The average Bonchev–Trinajstić information content (AvgIpc) is 3.10. The zero-order chi connectivity index (χ0) is 19.5. The fraction of sp³-hybridized carbons (Fsp3) is 0.429. The van der Waals surface area contributed by atoms with Crippen LogP contribution in [0.4, 0.5) is 11.6 Å². The van der Waals surface area contributed by atoms with Crippen LogP contribution in [-0.4, -0.2) is 66.1 Å². The van der Waals surface area contributed by atoms with Gasteiger partial charge < -0.3 is 20.9 Å². The van der Waals surface area contributed by atoms with Crippen molar-refractivity contribution in [3.8, 4) is 10.6 Å². The van der Waals surface area contributed by atoms with Crippen LogP contribution in [0.5, 0.6) is 0 Å². The number of likely N-dealkylation sites (N-methyl/N-ethyl adjacent to an activating group) is 1. The summed E-state index contributed by atoms with van der Waals surface area (Å²) in [4.78, 5) is 15.3. The highest BCUT2D eigenvalue weighted by Gasteiger charge is 2.13. The highest BCUT2D eigenvalue weighted by atomic mass is 32.1. The van der Waals surface area contributed by atoms with Gasteiger partial charge >= 0.3 is 0 Å². The Balaban J connectivity index is 1.39. The third-order valence-electron chi connectivity index (χ3n) is 5.28. The first-order chi connectivity index (χ1) is 13.6. The molecule has 0 amide bonds. The minimum Gasteiger partial charge on any atom is -0.399 e. The molecular formula is C21H28N6S. The Kier molecular flexibility index (Phi) is 5.75. The van der Waals surface area contributed by atoms with Crippen molar-refractivity contribution >= 4 is 33.1 Å². The smallest absolute Gasteiger partial charge is 0.223 e. The van der Waals surface area contributed by atoms with Gasteiger partial charge in [0.05, 0.1) is 10.6 Å². The maximum atomic E-state index is 5.92. The summed E-state index contributed by atoms with van der Waals surface area (Å²) < 4.78 is 1.19. The Morgan fingerprint density at radius 2 is 2.00 bits per heavy atom. The molecule has 3 N–H and O–H groups in total. The first-order valence-corrected chi connectivity index (χ1v) is 10.7. The lowest BCUT2D eigenvalue weighted by atomic mass is 10.2. The summed E-state index contributed by atoms with van der Waals surface area (Å²) in [6.45, 7) is 8.73. The molecule has 1 aliphatic rings. The van der Waals surface area contributed by atoms with Gasteiger partial charge in [-0.15, -0.1) is 11.3 Å². The molecule has 6 nitrogen and oxygen atoms in total. The summed E-state index contributed by atoms with van der Waals surface area (Å²) in [7, 11) is 2.19. The summed E-state index contributed by atoms with van der Waals surface area (Å²) in [6, 6.07) is 8.22. The van der Waals surface area contributed by atoms with E-state index >= 15 is 0 Å². The molecule has 0 atom stereocenters. The molecule has 1 aliphatic heterocycles. The third-order valence-corrected chi connectivity index (χ3v) is 6.38. The van der Waals surface area contributed by atoms with Crippen LogP contribution in [0.1, 0.15) is 12.0 Å². The number of hydrogen-bond donors (Lipinski definition) is 2. The van der Waals surface area contributed by atoms with Crippen molar-refractivity contribution in [3.05, 3.63) is 36.0 Å². The second-order valence-corrected chi connectivity index (χ2v) is 8.64. The van der Waals surface area contributed by atoms with Crippen molar-refractivity contribution in [2.24, 2.45) is 0 Å². The van der Waals surface area contributed by atoms with Crippen LogP contribution in [0.15, 0.2) is 30.5 Å². The zero-order valence-corrected chi connectivity index (χ0v) is 17.4. The SMILES string of the molecule is Cc1cnc(NCCCN2CCN(C)CC2)nc1-c1cc2ccc(N)cc2s1. The van der Waals surface area contributed by atoms with E-state index in [4.69, 9.17) is 10.7 Å². The van der Waals surface area contributed by atoms with Crippen LogP contribution in [-0.2, 0) is 0 Å². The average molecular weight is 397 g/mol. The number of nitrogens with zero attached hydrogens (tertiary/aromatic N) is 4. The van der Waals surface area contributed by atoms with E-state index in [2.05, 4.69) is 46.2 Å². The van der Waals surface area contributed by atoms with Gasteiger partial charge in [-0.2, -0.15) is 0 Å². The fourth-order valence-corrected chi connectivity index (χ4v) is 4.68. The largest absolute Gasteiger partial charge is 0.399 e. The molecular weight excluding hydrogens is 368 g/mol. The molecule has 3 aromatic rings. The Hall–Kier alpha value is -2.22. The number of nitrogens with one attached hydrogen (secondary N) is 1. The molecule has 1 fully saturated rings. The molecule has 0 spiro atoms. The van der Waals surface area contributed by atoms with Gasteiger partial charge in [0.2, 0.25) is 5.95 Å². The monoisotopic (exact) mass is 396 g/mol. The van der Waals surface area contributed by atoms with Crippen LogP contribution in [0, 0.1) is 6.92 Å². The van der Waals surface area contributed by atoms with Crippen LogP contribution in [0.25, 0.3) is 20.7 Å². The van der Waals surface area contributed by atoms with E-state index in [1.165, 1.54) is 23.2 Å². The third kappa shape index (κ3) is 4.43. The van der Waals surface area contributed by atoms with E-state index in [0.717, 1.165) is 54.4 Å². The molecule has 0 saturated carbocycles. The minimum atomic E-state index is 0.705. The van der Waals surface area contributed by atoms with Gasteiger partial charge in [-0.1, -0.05) is 6.07 Å². The van der Waals surface area contributed by atoms with E-state index in [9.17, 15) is 0 Å². The van der Waals surface area contributed by atoms with Crippen molar-refractivity contribution in [2.45, 2.75) is 13.3 Å². The fourth-order valence-electron chi connectivity index (χ4n) is 3.52. The molecule has 1 saturated heterocycles. The molecule has 28 heavy (non-hydrogen) atoms. The van der Waals surface area contributed by atoms with E-state index < -0.39 is 0 Å². The summed E-state index contributed by atoms with van der Waals surface area (Å²) in [5.41, 5.74) is 8.80. The summed E-state index contributed by atoms with van der Waals surface area (Å²) in [5, 5.41) is 4.60. The van der Waals surface area contributed by atoms with Crippen molar-refractivity contribution in [2.75, 3.05) is 57.4 Å². The number of fused-ring (bicyclic) bond motifs is 1. The molecule has 1 aromatic carbocycles. The van der Waals surface area contributed by atoms with E-state index in [0.29, 0.717) is 5.95 Å². The Morgan fingerprint density at radius 3 is 2.82 bits per heavy atom. The Labute approximate surface area is 170 Å². The molecule has 7 heteroatoms. The first-order valence-electron chi connectivity index (χ1n) is 9.86. The number of piperazine rings is 1. The Bertz CT molecular complexity index is 945. The minimum absolute atomic E-state index is 0.705. The second-order valence-electron chi connectivity index (χ2n) is 7.56. The second kappa shape index (κ2) is 8.43. The van der Waals surface area contributed by atoms with Crippen molar-refractivity contribution in [3.63, 3.8) is 0 Å². The maximum Gasteiger partial charge on any atom is 0.223 e. The van der Waals surface area contributed by atoms with Gasteiger partial charge in [-0.05, 0) is 56.1 Å². The number of thiophene rings is 1. The van der Waals surface area contributed by atoms with Crippen LogP contribution in [0.2, 0.25) is 0 Å². The number of aryl methyl sites for hydroxylation is 1. The highest BCUT2D eigenvalue weighted by molar-refractivity contribution is 7.22. The van der Waals surface area contributed by atoms with E-state index in [1.807, 2.05) is 18.3 Å². The molecule has 0 radical (unpaired) electrons. The van der Waals surface area contributed by atoms with Gasteiger partial charge in [-0.25, -0.2) is 9.97 Å². The van der Waals surface area contributed by atoms with Gasteiger partial charge in [0.15, 0.2) is 0 Å². The van der Waals surface area contributed by atoms with Crippen LogP contribution in [0.3, 0.4) is 0 Å². The normalized spacial score (nSPS) is 15.9. The first kappa shape index (κ1) is 19.1. The lowest BCUT2D eigenvalue weighted by molar-refractivity contribution is 0.154. The van der Waals surface area contributed by atoms with Gasteiger partial charge in [0.1, 0.15) is 0 Å². The molecule has 3 heterocycles. The molecule has 0 bridgehead atoms. The summed E-state index contributed by atoms with van der Waals surface area (Å²) in [5.74, 6) is 0.705. The quantitative estimate of drug-likeness (QED) is 0.492. The number of nitrogens with two attached hydrogens (primary N) is 1.